The number of piperidine rings is 1. The molecule has 1 aromatic rings. The van der Waals surface area contributed by atoms with E-state index < -0.39 is 10.0 Å². The molecule has 1 saturated heterocycles. The zero-order valence-electron chi connectivity index (χ0n) is 12.3. The molecule has 0 amide bonds. The number of hydrogen-bond donors (Lipinski definition) is 1. The first-order valence-corrected chi connectivity index (χ1v) is 8.56. The summed E-state index contributed by atoms with van der Waals surface area (Å²) >= 11 is 0. The maximum atomic E-state index is 12.2. The number of sulfonamides is 1. The van der Waals surface area contributed by atoms with E-state index >= 15 is 0 Å². The molecule has 0 bridgehead atoms. The van der Waals surface area contributed by atoms with Crippen LogP contribution in [0.15, 0.2) is 9.42 Å². The summed E-state index contributed by atoms with van der Waals surface area (Å²) in [4.78, 5) is 2.50. The van der Waals surface area contributed by atoms with Gasteiger partial charge in [0.05, 0.1) is 0 Å². The Hall–Kier alpha value is -0.920. The van der Waals surface area contributed by atoms with Gasteiger partial charge in [0.1, 0.15) is 10.6 Å². The summed E-state index contributed by atoms with van der Waals surface area (Å²) in [5.41, 5.74) is 0.404. The molecule has 0 spiro atoms. The number of nitrogens with one attached hydrogen (secondary N) is 1. The summed E-state index contributed by atoms with van der Waals surface area (Å²) in [7, 11) is -3.53. The molecular formula is C13H23N3O3S. The van der Waals surface area contributed by atoms with Gasteiger partial charge in [0.25, 0.3) is 0 Å². The first kappa shape index (κ1) is 15.5. The van der Waals surface area contributed by atoms with E-state index in [-0.39, 0.29) is 4.90 Å². The van der Waals surface area contributed by atoms with Crippen LogP contribution in [0.5, 0.6) is 0 Å². The monoisotopic (exact) mass is 301 g/mol. The van der Waals surface area contributed by atoms with Crippen LogP contribution in [0.3, 0.4) is 0 Å². The summed E-state index contributed by atoms with van der Waals surface area (Å²) in [6, 6.07) is 0.535. The van der Waals surface area contributed by atoms with Crippen LogP contribution in [0.25, 0.3) is 0 Å². The van der Waals surface area contributed by atoms with Gasteiger partial charge in [-0.05, 0) is 40.2 Å². The van der Waals surface area contributed by atoms with Crippen LogP contribution in [0, 0.1) is 13.8 Å². The molecule has 1 atom stereocenters. The molecule has 0 saturated carbocycles. The van der Waals surface area contributed by atoms with Crippen LogP contribution in [-0.2, 0) is 10.0 Å². The van der Waals surface area contributed by atoms with Gasteiger partial charge in [-0.2, -0.15) is 0 Å². The molecule has 7 heteroatoms. The molecule has 2 heterocycles. The number of likely N-dealkylation sites (tertiary alicyclic amines) is 1. The zero-order chi connectivity index (χ0) is 14.8. The summed E-state index contributed by atoms with van der Waals surface area (Å²) < 4.78 is 32.0. The second kappa shape index (κ2) is 6.24. The van der Waals surface area contributed by atoms with E-state index in [2.05, 4.69) is 21.7 Å². The Balaban J connectivity index is 1.93. The molecule has 20 heavy (non-hydrogen) atoms. The molecule has 1 aliphatic rings. The van der Waals surface area contributed by atoms with Gasteiger partial charge in [-0.1, -0.05) is 11.6 Å². The molecule has 0 aromatic carbocycles. The first-order valence-electron chi connectivity index (χ1n) is 7.08. The molecule has 114 valence electrons. The van der Waals surface area contributed by atoms with Crippen molar-refractivity contribution in [3.05, 3.63) is 11.5 Å². The van der Waals surface area contributed by atoms with Gasteiger partial charge in [-0.25, -0.2) is 13.1 Å². The third-order valence-corrected chi connectivity index (χ3v) is 5.57. The van der Waals surface area contributed by atoms with Gasteiger partial charge < -0.3 is 4.52 Å². The lowest BCUT2D eigenvalue weighted by atomic mass is 10.0. The van der Waals surface area contributed by atoms with Gasteiger partial charge in [0, 0.05) is 19.1 Å². The molecule has 0 radical (unpaired) electrons. The van der Waals surface area contributed by atoms with Gasteiger partial charge >= 0.3 is 0 Å². The maximum absolute atomic E-state index is 12.2. The second-order valence-electron chi connectivity index (χ2n) is 5.43. The fraction of sp³-hybridized carbons (Fsp3) is 0.769. The highest BCUT2D eigenvalue weighted by Gasteiger charge is 2.24. The Morgan fingerprint density at radius 3 is 2.75 bits per heavy atom. The SMILES string of the molecule is Cc1noc(C)c1S(=O)(=O)NCCN1CCCC[C@@H]1C. The van der Waals surface area contributed by atoms with Crippen molar-refractivity contribution < 1.29 is 12.9 Å². The van der Waals surface area contributed by atoms with E-state index in [1.807, 2.05) is 0 Å². The van der Waals surface area contributed by atoms with E-state index in [9.17, 15) is 8.42 Å². The Morgan fingerprint density at radius 2 is 2.15 bits per heavy atom. The quantitative estimate of drug-likeness (QED) is 0.890. The number of rotatable bonds is 5. The average molecular weight is 301 g/mol. The van der Waals surface area contributed by atoms with Crippen LogP contribution in [-0.4, -0.2) is 44.2 Å². The van der Waals surface area contributed by atoms with E-state index in [4.69, 9.17) is 4.52 Å². The van der Waals surface area contributed by atoms with Crippen LogP contribution in [0.4, 0.5) is 0 Å². The predicted molar refractivity (Wildman–Crippen MR) is 76.1 cm³/mol. The van der Waals surface area contributed by atoms with Crippen molar-refractivity contribution in [1.82, 2.24) is 14.8 Å². The van der Waals surface area contributed by atoms with Gasteiger partial charge in [0.15, 0.2) is 5.76 Å². The summed E-state index contributed by atoms with van der Waals surface area (Å²) in [5, 5.41) is 3.69. The fourth-order valence-corrected chi connectivity index (χ4v) is 4.09. The molecule has 1 fully saturated rings. The Bertz CT molecular complexity index is 534. The minimum atomic E-state index is -3.53. The van der Waals surface area contributed by atoms with Crippen molar-refractivity contribution >= 4 is 10.0 Å². The minimum absolute atomic E-state index is 0.171. The molecule has 2 rings (SSSR count). The van der Waals surface area contributed by atoms with Gasteiger partial charge in [-0.15, -0.1) is 0 Å². The Labute approximate surface area is 120 Å². The number of hydrogen-bond acceptors (Lipinski definition) is 5. The van der Waals surface area contributed by atoms with Gasteiger partial charge in [0.2, 0.25) is 10.0 Å². The number of aryl methyl sites for hydroxylation is 2. The normalized spacial score (nSPS) is 21.2. The van der Waals surface area contributed by atoms with E-state index in [1.54, 1.807) is 13.8 Å². The highest BCUT2D eigenvalue weighted by atomic mass is 32.2. The summed E-state index contributed by atoms with van der Waals surface area (Å²) in [6.45, 7) is 7.65. The Morgan fingerprint density at radius 1 is 1.40 bits per heavy atom. The largest absolute Gasteiger partial charge is 0.360 e. The standard InChI is InChI=1S/C13H23N3O3S/c1-10-6-4-5-8-16(10)9-7-14-20(17,18)13-11(2)15-19-12(13)3/h10,14H,4-9H2,1-3H3/t10-/m0/s1. The maximum Gasteiger partial charge on any atom is 0.246 e. The minimum Gasteiger partial charge on any atom is -0.360 e. The second-order valence-corrected chi connectivity index (χ2v) is 7.14. The van der Waals surface area contributed by atoms with Crippen LogP contribution in [0.2, 0.25) is 0 Å². The number of nitrogens with zero attached hydrogens (tertiary/aromatic N) is 2. The van der Waals surface area contributed by atoms with Crippen molar-refractivity contribution in [3.63, 3.8) is 0 Å². The van der Waals surface area contributed by atoms with Crippen molar-refractivity contribution in [2.75, 3.05) is 19.6 Å². The third-order valence-electron chi connectivity index (χ3n) is 3.87. The van der Waals surface area contributed by atoms with Crippen molar-refractivity contribution in [1.29, 1.82) is 0 Å². The van der Waals surface area contributed by atoms with E-state index in [0.29, 0.717) is 24.0 Å². The first-order chi connectivity index (χ1) is 9.42. The van der Waals surface area contributed by atoms with Crippen LogP contribution in [0.1, 0.15) is 37.6 Å². The molecule has 1 aliphatic heterocycles. The lowest BCUT2D eigenvalue weighted by Crippen LogP contribution is -2.42. The van der Waals surface area contributed by atoms with E-state index in [0.717, 1.165) is 13.1 Å². The van der Waals surface area contributed by atoms with Crippen molar-refractivity contribution in [2.24, 2.45) is 0 Å². The smallest absolute Gasteiger partial charge is 0.246 e. The highest BCUT2D eigenvalue weighted by molar-refractivity contribution is 7.89. The summed E-state index contributed by atoms with van der Waals surface area (Å²) in [6.07, 6.45) is 3.65. The van der Waals surface area contributed by atoms with Crippen molar-refractivity contribution in [3.8, 4) is 0 Å². The topological polar surface area (TPSA) is 75.4 Å². The molecular weight excluding hydrogens is 278 g/mol. The zero-order valence-corrected chi connectivity index (χ0v) is 13.2. The fourth-order valence-electron chi connectivity index (χ4n) is 2.74. The lowest BCUT2D eigenvalue weighted by Gasteiger charge is -2.33. The predicted octanol–water partition coefficient (Wildman–Crippen LogP) is 1.44. The molecule has 1 N–H and O–H groups in total. The molecule has 0 aliphatic carbocycles. The number of aromatic nitrogens is 1. The van der Waals surface area contributed by atoms with E-state index in [1.165, 1.54) is 19.3 Å². The lowest BCUT2D eigenvalue weighted by molar-refractivity contribution is 0.164. The Kier molecular flexibility index (Phi) is 4.82. The molecule has 6 nitrogen and oxygen atoms in total. The van der Waals surface area contributed by atoms with Crippen molar-refractivity contribution in [2.45, 2.75) is 51.0 Å². The average Bonchev–Trinajstić information content (AvgIpc) is 2.72. The third kappa shape index (κ3) is 3.39. The highest BCUT2D eigenvalue weighted by Crippen LogP contribution is 2.19. The van der Waals surface area contributed by atoms with Crippen LogP contribution < -0.4 is 4.72 Å². The van der Waals surface area contributed by atoms with Gasteiger partial charge in [-0.3, -0.25) is 4.90 Å². The van der Waals surface area contributed by atoms with Crippen LogP contribution >= 0.6 is 0 Å². The molecule has 0 unspecified atom stereocenters. The molecule has 1 aromatic heterocycles. The summed E-state index contributed by atoms with van der Waals surface area (Å²) in [5.74, 6) is 0.335.